The summed E-state index contributed by atoms with van der Waals surface area (Å²) in [6.45, 7) is 0. The summed E-state index contributed by atoms with van der Waals surface area (Å²) in [5, 5.41) is 9.53. The molecule has 1 atom stereocenters. The molecule has 0 aromatic carbocycles. The molecule has 0 aliphatic carbocycles. The zero-order chi connectivity index (χ0) is 10.2. The van der Waals surface area contributed by atoms with Crippen LogP contribution >= 0.6 is 0 Å². The largest absolute Gasteiger partial charge is 0.393 e. The first-order valence-electron chi connectivity index (χ1n) is 4.83. The molecular formula is C12H15NO. The van der Waals surface area contributed by atoms with Crippen molar-refractivity contribution in [2.24, 2.45) is 0 Å². The van der Waals surface area contributed by atoms with Crippen molar-refractivity contribution in [1.82, 2.24) is 4.98 Å². The van der Waals surface area contributed by atoms with Crippen LogP contribution in [-0.4, -0.2) is 16.2 Å². The Morgan fingerprint density at radius 1 is 1.50 bits per heavy atom. The van der Waals surface area contributed by atoms with Gasteiger partial charge in [0.15, 0.2) is 0 Å². The third-order valence-corrected chi connectivity index (χ3v) is 2.11. The zero-order valence-corrected chi connectivity index (χ0v) is 8.19. The van der Waals surface area contributed by atoms with Gasteiger partial charge in [0.25, 0.3) is 0 Å². The lowest BCUT2D eigenvalue weighted by atomic mass is 10.1. The van der Waals surface area contributed by atoms with Crippen molar-refractivity contribution in [3.63, 3.8) is 0 Å². The Morgan fingerprint density at radius 3 is 3.00 bits per heavy atom. The van der Waals surface area contributed by atoms with Crippen LogP contribution in [0.2, 0.25) is 0 Å². The van der Waals surface area contributed by atoms with E-state index in [0.29, 0.717) is 12.8 Å². The van der Waals surface area contributed by atoms with E-state index in [1.165, 1.54) is 0 Å². The number of terminal acetylenes is 1. The van der Waals surface area contributed by atoms with E-state index in [2.05, 4.69) is 10.9 Å². The Hall–Kier alpha value is -1.33. The van der Waals surface area contributed by atoms with E-state index >= 15 is 0 Å². The molecule has 0 aliphatic rings. The summed E-state index contributed by atoms with van der Waals surface area (Å²) in [6.07, 6.45) is 11.4. The Morgan fingerprint density at radius 2 is 2.36 bits per heavy atom. The molecule has 1 aromatic rings. The minimum atomic E-state index is -0.286. The average molecular weight is 189 g/mol. The summed E-state index contributed by atoms with van der Waals surface area (Å²) in [6, 6.07) is 3.92. The molecule has 2 heteroatoms. The Balaban J connectivity index is 2.24. The van der Waals surface area contributed by atoms with Gasteiger partial charge in [-0.15, -0.1) is 12.3 Å². The lowest BCUT2D eigenvalue weighted by Gasteiger charge is -2.07. The number of aliphatic hydroxyl groups excluding tert-OH is 1. The SMILES string of the molecule is C#CCCC(O)CCc1cccnc1. The van der Waals surface area contributed by atoms with Gasteiger partial charge in [-0.05, 0) is 30.9 Å². The second-order valence-corrected chi connectivity index (χ2v) is 3.30. The predicted molar refractivity (Wildman–Crippen MR) is 56.6 cm³/mol. The van der Waals surface area contributed by atoms with Crippen LogP contribution in [0, 0.1) is 12.3 Å². The zero-order valence-electron chi connectivity index (χ0n) is 8.19. The number of aromatic nitrogens is 1. The second kappa shape index (κ2) is 6.17. The van der Waals surface area contributed by atoms with E-state index in [1.807, 2.05) is 18.3 Å². The van der Waals surface area contributed by atoms with Gasteiger partial charge in [-0.1, -0.05) is 6.07 Å². The number of hydrogen-bond donors (Lipinski definition) is 1. The van der Waals surface area contributed by atoms with E-state index in [4.69, 9.17) is 6.42 Å². The predicted octanol–water partition coefficient (Wildman–Crippen LogP) is 1.79. The second-order valence-electron chi connectivity index (χ2n) is 3.30. The fraction of sp³-hybridized carbons (Fsp3) is 0.417. The quantitative estimate of drug-likeness (QED) is 0.716. The maximum atomic E-state index is 9.53. The first-order valence-corrected chi connectivity index (χ1v) is 4.83. The molecule has 1 rings (SSSR count). The molecule has 1 heterocycles. The summed E-state index contributed by atoms with van der Waals surface area (Å²) in [5.41, 5.74) is 1.16. The van der Waals surface area contributed by atoms with Gasteiger partial charge in [-0.25, -0.2) is 0 Å². The highest BCUT2D eigenvalue weighted by Crippen LogP contribution is 2.07. The number of aliphatic hydroxyl groups is 1. The van der Waals surface area contributed by atoms with Crippen molar-refractivity contribution in [2.45, 2.75) is 31.8 Å². The summed E-state index contributed by atoms with van der Waals surface area (Å²) in [4.78, 5) is 4.01. The highest BCUT2D eigenvalue weighted by atomic mass is 16.3. The molecule has 74 valence electrons. The van der Waals surface area contributed by atoms with Gasteiger partial charge in [0.2, 0.25) is 0 Å². The summed E-state index contributed by atoms with van der Waals surface area (Å²) in [5.74, 6) is 2.52. The maximum Gasteiger partial charge on any atom is 0.0552 e. The molecule has 1 N–H and O–H groups in total. The fourth-order valence-electron chi connectivity index (χ4n) is 1.27. The van der Waals surface area contributed by atoms with Gasteiger partial charge < -0.3 is 5.11 Å². The van der Waals surface area contributed by atoms with E-state index in [-0.39, 0.29) is 6.10 Å². The molecule has 0 saturated heterocycles. The van der Waals surface area contributed by atoms with Crippen LogP contribution in [0.15, 0.2) is 24.5 Å². The minimum absolute atomic E-state index is 0.286. The van der Waals surface area contributed by atoms with Crippen LogP contribution < -0.4 is 0 Å². The van der Waals surface area contributed by atoms with E-state index in [9.17, 15) is 5.11 Å². The van der Waals surface area contributed by atoms with Gasteiger partial charge in [0.1, 0.15) is 0 Å². The fourth-order valence-corrected chi connectivity index (χ4v) is 1.27. The Bertz CT molecular complexity index is 289. The normalized spacial score (nSPS) is 12.0. The molecule has 14 heavy (non-hydrogen) atoms. The topological polar surface area (TPSA) is 33.1 Å². The summed E-state index contributed by atoms with van der Waals surface area (Å²) in [7, 11) is 0. The number of nitrogens with zero attached hydrogens (tertiary/aromatic N) is 1. The Labute approximate surface area is 85.0 Å². The first kappa shape index (κ1) is 10.7. The van der Waals surface area contributed by atoms with Gasteiger partial charge in [-0.2, -0.15) is 0 Å². The lowest BCUT2D eigenvalue weighted by molar-refractivity contribution is 0.156. The van der Waals surface area contributed by atoms with Crippen molar-refractivity contribution < 1.29 is 5.11 Å². The minimum Gasteiger partial charge on any atom is -0.393 e. The van der Waals surface area contributed by atoms with Gasteiger partial charge in [0, 0.05) is 18.8 Å². The molecule has 0 amide bonds. The average Bonchev–Trinajstić information content (AvgIpc) is 2.25. The molecule has 1 unspecified atom stereocenters. The summed E-state index contributed by atoms with van der Waals surface area (Å²) < 4.78 is 0. The standard InChI is InChI=1S/C12H15NO/c1-2-3-6-12(14)8-7-11-5-4-9-13-10-11/h1,4-5,9-10,12,14H,3,6-8H2. The van der Waals surface area contributed by atoms with E-state index < -0.39 is 0 Å². The van der Waals surface area contributed by atoms with Crippen molar-refractivity contribution in [2.75, 3.05) is 0 Å². The number of pyridine rings is 1. The molecule has 0 radical (unpaired) electrons. The molecule has 0 bridgehead atoms. The van der Waals surface area contributed by atoms with Crippen LogP contribution in [0.3, 0.4) is 0 Å². The molecular weight excluding hydrogens is 174 g/mol. The molecule has 2 nitrogen and oxygen atoms in total. The molecule has 1 aromatic heterocycles. The van der Waals surface area contributed by atoms with E-state index in [0.717, 1.165) is 18.4 Å². The van der Waals surface area contributed by atoms with Gasteiger partial charge >= 0.3 is 0 Å². The highest BCUT2D eigenvalue weighted by molar-refractivity contribution is 5.08. The molecule has 0 spiro atoms. The van der Waals surface area contributed by atoms with Crippen LogP contribution in [0.25, 0.3) is 0 Å². The van der Waals surface area contributed by atoms with Gasteiger partial charge in [0.05, 0.1) is 6.10 Å². The number of hydrogen-bond acceptors (Lipinski definition) is 2. The highest BCUT2D eigenvalue weighted by Gasteiger charge is 2.03. The van der Waals surface area contributed by atoms with Crippen molar-refractivity contribution in [1.29, 1.82) is 0 Å². The van der Waals surface area contributed by atoms with Crippen LogP contribution in [0.5, 0.6) is 0 Å². The molecule has 0 aliphatic heterocycles. The van der Waals surface area contributed by atoms with Crippen LogP contribution in [0.1, 0.15) is 24.8 Å². The van der Waals surface area contributed by atoms with Crippen LogP contribution in [0.4, 0.5) is 0 Å². The lowest BCUT2D eigenvalue weighted by Crippen LogP contribution is -2.07. The number of rotatable bonds is 5. The maximum absolute atomic E-state index is 9.53. The monoisotopic (exact) mass is 189 g/mol. The number of aryl methyl sites for hydroxylation is 1. The third-order valence-electron chi connectivity index (χ3n) is 2.11. The smallest absolute Gasteiger partial charge is 0.0552 e. The van der Waals surface area contributed by atoms with Crippen LogP contribution in [-0.2, 0) is 6.42 Å². The third kappa shape index (κ3) is 4.06. The van der Waals surface area contributed by atoms with Crippen molar-refractivity contribution in [3.8, 4) is 12.3 Å². The van der Waals surface area contributed by atoms with Crippen molar-refractivity contribution >= 4 is 0 Å². The Kier molecular flexibility index (Phi) is 4.74. The van der Waals surface area contributed by atoms with Gasteiger partial charge in [-0.3, -0.25) is 4.98 Å². The van der Waals surface area contributed by atoms with Crippen molar-refractivity contribution in [3.05, 3.63) is 30.1 Å². The first-order chi connectivity index (χ1) is 6.83. The van der Waals surface area contributed by atoms with E-state index in [1.54, 1.807) is 6.20 Å². The summed E-state index contributed by atoms with van der Waals surface area (Å²) >= 11 is 0. The molecule has 0 fully saturated rings. The molecule has 0 saturated carbocycles.